The molecule has 0 atom stereocenters. The Morgan fingerprint density at radius 2 is 1.58 bits per heavy atom. The molecule has 0 bridgehead atoms. The Hall–Kier alpha value is -3.19. The molecule has 8 heteroatoms. The predicted molar refractivity (Wildman–Crippen MR) is 132 cm³/mol. The molecule has 0 N–H and O–H groups in total. The molecule has 33 heavy (non-hydrogen) atoms. The lowest BCUT2D eigenvalue weighted by Gasteiger charge is -2.27. The van der Waals surface area contributed by atoms with Crippen LogP contribution in [-0.4, -0.2) is 29.3 Å². The average molecular weight is 495 g/mol. The number of imide groups is 1. The lowest BCUT2D eigenvalue weighted by Crippen LogP contribution is -2.44. The SMILES string of the molecule is Cc1ccc(N(CN2C(=O)c3ccccc3C2=O)C(=O)c2sc3cc(Cl)ccc3c2Cl)cc1. The second kappa shape index (κ2) is 8.30. The van der Waals surface area contributed by atoms with Gasteiger partial charge >= 0.3 is 0 Å². The maximum absolute atomic E-state index is 13.7. The molecule has 1 aliphatic rings. The van der Waals surface area contributed by atoms with E-state index in [9.17, 15) is 14.4 Å². The molecule has 0 spiro atoms. The molecule has 0 aliphatic carbocycles. The van der Waals surface area contributed by atoms with E-state index < -0.39 is 17.7 Å². The van der Waals surface area contributed by atoms with Gasteiger partial charge in [0.25, 0.3) is 17.7 Å². The summed E-state index contributed by atoms with van der Waals surface area (Å²) in [5.74, 6) is -1.28. The second-order valence-electron chi connectivity index (χ2n) is 7.68. The number of rotatable bonds is 4. The van der Waals surface area contributed by atoms with Gasteiger partial charge in [-0.1, -0.05) is 59.1 Å². The summed E-state index contributed by atoms with van der Waals surface area (Å²) in [7, 11) is 0. The molecule has 1 aromatic heterocycles. The van der Waals surface area contributed by atoms with E-state index in [1.807, 2.05) is 19.1 Å². The third-order valence-electron chi connectivity index (χ3n) is 5.54. The predicted octanol–water partition coefficient (Wildman–Crippen LogP) is 6.42. The van der Waals surface area contributed by atoms with Crippen molar-refractivity contribution in [2.75, 3.05) is 11.6 Å². The second-order valence-corrected chi connectivity index (χ2v) is 9.55. The fourth-order valence-corrected chi connectivity index (χ4v) is 5.53. The molecular formula is C25H16Cl2N2O3S. The van der Waals surface area contributed by atoms with Crippen molar-refractivity contribution < 1.29 is 14.4 Å². The van der Waals surface area contributed by atoms with Crippen LogP contribution in [0.4, 0.5) is 5.69 Å². The molecule has 0 saturated carbocycles. The normalized spacial score (nSPS) is 13.0. The van der Waals surface area contributed by atoms with Crippen molar-refractivity contribution in [2.45, 2.75) is 6.92 Å². The van der Waals surface area contributed by atoms with E-state index in [0.29, 0.717) is 31.7 Å². The molecular weight excluding hydrogens is 479 g/mol. The van der Waals surface area contributed by atoms with Gasteiger partial charge in [0.05, 0.1) is 16.1 Å². The van der Waals surface area contributed by atoms with Crippen molar-refractivity contribution in [3.8, 4) is 0 Å². The van der Waals surface area contributed by atoms with E-state index in [-0.39, 0.29) is 6.67 Å². The first kappa shape index (κ1) is 21.6. The number of benzene rings is 3. The van der Waals surface area contributed by atoms with Crippen molar-refractivity contribution in [1.82, 2.24) is 4.90 Å². The van der Waals surface area contributed by atoms with Crippen molar-refractivity contribution in [3.63, 3.8) is 0 Å². The quantitative estimate of drug-likeness (QED) is 0.307. The topological polar surface area (TPSA) is 57.7 Å². The molecule has 4 aromatic rings. The average Bonchev–Trinajstić information content (AvgIpc) is 3.26. The van der Waals surface area contributed by atoms with Gasteiger partial charge in [0.1, 0.15) is 11.5 Å². The van der Waals surface area contributed by atoms with E-state index >= 15 is 0 Å². The fraction of sp³-hybridized carbons (Fsp3) is 0.0800. The van der Waals surface area contributed by atoms with Crippen LogP contribution in [0, 0.1) is 6.92 Å². The molecule has 2 heterocycles. The maximum atomic E-state index is 13.7. The number of hydrogen-bond donors (Lipinski definition) is 0. The summed E-state index contributed by atoms with van der Waals surface area (Å²) < 4.78 is 0.778. The Bertz CT molecular complexity index is 1410. The number of amides is 3. The highest BCUT2D eigenvalue weighted by Crippen LogP contribution is 2.38. The summed E-state index contributed by atoms with van der Waals surface area (Å²) in [5, 5.41) is 1.58. The number of fused-ring (bicyclic) bond motifs is 2. The van der Waals surface area contributed by atoms with E-state index in [1.54, 1.807) is 54.6 Å². The van der Waals surface area contributed by atoms with E-state index in [0.717, 1.165) is 20.5 Å². The number of anilines is 1. The molecule has 1 aliphatic heterocycles. The van der Waals surface area contributed by atoms with Crippen molar-refractivity contribution in [1.29, 1.82) is 0 Å². The summed E-state index contributed by atoms with van der Waals surface area (Å²) in [4.78, 5) is 42.5. The van der Waals surface area contributed by atoms with Gasteiger partial charge in [0.2, 0.25) is 0 Å². The van der Waals surface area contributed by atoms with Gasteiger partial charge in [0, 0.05) is 20.8 Å². The summed E-state index contributed by atoms with van der Waals surface area (Å²) in [6.45, 7) is 1.70. The smallest absolute Gasteiger partial charge is 0.271 e. The molecule has 0 fully saturated rings. The first-order valence-corrected chi connectivity index (χ1v) is 11.6. The first-order valence-electron chi connectivity index (χ1n) is 10.1. The van der Waals surface area contributed by atoms with Crippen LogP contribution in [-0.2, 0) is 0 Å². The van der Waals surface area contributed by atoms with Crippen LogP contribution >= 0.6 is 34.5 Å². The van der Waals surface area contributed by atoms with Crippen molar-refractivity contribution in [2.24, 2.45) is 0 Å². The summed E-state index contributed by atoms with van der Waals surface area (Å²) in [6.07, 6.45) is 0. The minimum atomic E-state index is -0.435. The summed E-state index contributed by atoms with van der Waals surface area (Å²) in [6, 6.07) is 19.2. The van der Waals surface area contributed by atoms with Gasteiger partial charge in [-0.2, -0.15) is 0 Å². The van der Waals surface area contributed by atoms with E-state index in [4.69, 9.17) is 23.2 Å². The van der Waals surface area contributed by atoms with Crippen molar-refractivity contribution in [3.05, 3.63) is 98.3 Å². The zero-order valence-corrected chi connectivity index (χ0v) is 19.7. The van der Waals surface area contributed by atoms with Crippen LogP contribution in [0.1, 0.15) is 36.0 Å². The van der Waals surface area contributed by atoms with Crippen LogP contribution in [0.3, 0.4) is 0 Å². The lowest BCUT2D eigenvalue weighted by atomic mass is 10.1. The Kier molecular flexibility index (Phi) is 5.44. The Balaban J connectivity index is 1.57. The minimum absolute atomic E-state index is 0.237. The number of nitrogens with zero attached hydrogens (tertiary/aromatic N) is 2. The highest BCUT2D eigenvalue weighted by molar-refractivity contribution is 7.21. The molecule has 5 nitrogen and oxygen atoms in total. The zero-order valence-electron chi connectivity index (χ0n) is 17.3. The molecule has 164 valence electrons. The molecule has 0 unspecified atom stereocenters. The molecule has 0 radical (unpaired) electrons. The van der Waals surface area contributed by atoms with Crippen LogP contribution in [0.25, 0.3) is 10.1 Å². The number of thiophene rings is 1. The van der Waals surface area contributed by atoms with E-state index in [1.165, 1.54) is 16.2 Å². The third kappa shape index (κ3) is 3.70. The minimum Gasteiger partial charge on any atom is -0.289 e. The molecule has 3 amide bonds. The maximum Gasteiger partial charge on any atom is 0.271 e. The summed E-state index contributed by atoms with van der Waals surface area (Å²) >= 11 is 13.9. The third-order valence-corrected chi connectivity index (χ3v) is 7.42. The van der Waals surface area contributed by atoms with Gasteiger partial charge in [-0.25, -0.2) is 0 Å². The van der Waals surface area contributed by atoms with Crippen LogP contribution in [0.5, 0.6) is 0 Å². The van der Waals surface area contributed by atoms with Gasteiger partial charge in [-0.3, -0.25) is 24.2 Å². The van der Waals surface area contributed by atoms with Crippen LogP contribution in [0.15, 0.2) is 66.7 Å². The molecule has 5 rings (SSSR count). The lowest BCUT2D eigenvalue weighted by molar-refractivity contribution is 0.0650. The van der Waals surface area contributed by atoms with Crippen LogP contribution < -0.4 is 4.90 Å². The Morgan fingerprint density at radius 3 is 2.21 bits per heavy atom. The highest BCUT2D eigenvalue weighted by Gasteiger charge is 2.38. The summed E-state index contributed by atoms with van der Waals surface area (Å²) in [5.41, 5.74) is 2.22. The number of hydrogen-bond acceptors (Lipinski definition) is 4. The zero-order chi connectivity index (χ0) is 23.3. The van der Waals surface area contributed by atoms with Crippen LogP contribution in [0.2, 0.25) is 10.0 Å². The standard InChI is InChI=1S/C25H16Cl2N2O3S/c1-14-6-9-16(10-7-14)28(13-29-23(30)17-4-2-3-5-18(17)24(29)31)25(32)22-21(27)19-11-8-15(26)12-20(19)33-22/h2-12H,13H2,1H3. The fourth-order valence-electron chi connectivity index (χ4n) is 3.80. The van der Waals surface area contributed by atoms with E-state index in [2.05, 4.69) is 0 Å². The monoisotopic (exact) mass is 494 g/mol. The van der Waals surface area contributed by atoms with Gasteiger partial charge in [0.15, 0.2) is 0 Å². The Morgan fingerprint density at radius 1 is 0.939 bits per heavy atom. The Labute approximate surface area is 203 Å². The molecule has 0 saturated heterocycles. The first-order chi connectivity index (χ1) is 15.8. The molecule has 3 aromatic carbocycles. The van der Waals surface area contributed by atoms with Gasteiger partial charge in [-0.05, 0) is 43.3 Å². The number of carbonyl (C=O) groups excluding carboxylic acids is 3. The number of carbonyl (C=O) groups is 3. The van der Waals surface area contributed by atoms with Gasteiger partial charge in [-0.15, -0.1) is 11.3 Å². The number of halogens is 2. The van der Waals surface area contributed by atoms with Gasteiger partial charge < -0.3 is 0 Å². The largest absolute Gasteiger partial charge is 0.289 e. The number of aryl methyl sites for hydroxylation is 1. The van der Waals surface area contributed by atoms with Crippen molar-refractivity contribution >= 4 is 68.0 Å². The highest BCUT2D eigenvalue weighted by atomic mass is 35.5.